The monoisotopic (exact) mass is 360 g/mol. The highest BCUT2D eigenvalue weighted by atomic mass is 19.1. The minimum absolute atomic E-state index is 0.314. The number of aromatic amines is 1. The molecule has 0 aliphatic rings. The minimum atomic E-state index is -0.401. The van der Waals surface area contributed by atoms with E-state index in [1.807, 2.05) is 12.1 Å². The van der Waals surface area contributed by atoms with Crippen LogP contribution in [0.1, 0.15) is 18.1 Å². The molecule has 3 rings (SSSR count). The molecule has 134 valence electrons. The molecule has 0 saturated heterocycles. The molecule has 0 atom stereocenters. The van der Waals surface area contributed by atoms with Crippen LogP contribution in [-0.4, -0.2) is 23.0 Å². The fourth-order valence-electron chi connectivity index (χ4n) is 2.68. The summed E-state index contributed by atoms with van der Waals surface area (Å²) in [7, 11) is 1.49. The molecule has 1 N–H and O–H groups in total. The number of rotatable bonds is 4. The molecule has 0 spiro atoms. The van der Waals surface area contributed by atoms with Crippen molar-refractivity contribution in [2.24, 2.45) is 4.99 Å². The molecule has 0 saturated carbocycles. The van der Waals surface area contributed by atoms with Gasteiger partial charge >= 0.3 is 0 Å². The van der Waals surface area contributed by atoms with Crippen LogP contribution in [0.15, 0.2) is 47.5 Å². The molecule has 0 bridgehead atoms. The van der Waals surface area contributed by atoms with E-state index >= 15 is 0 Å². The van der Waals surface area contributed by atoms with E-state index in [0.29, 0.717) is 38.8 Å². The number of nitrogens with zero attached hydrogens (tertiary/aromatic N) is 3. The highest BCUT2D eigenvalue weighted by Gasteiger charge is 2.11. The molecular weight excluding hydrogens is 343 g/mol. The number of nitrogens with one attached hydrogen (secondary N) is 1. The fraction of sp³-hybridized carbons (Fsp3) is 0.0952. The van der Waals surface area contributed by atoms with E-state index < -0.39 is 5.82 Å². The lowest BCUT2D eigenvalue weighted by Gasteiger charge is -2.08. The van der Waals surface area contributed by atoms with Gasteiger partial charge in [0.15, 0.2) is 0 Å². The molecule has 2 aromatic carbocycles. The summed E-state index contributed by atoms with van der Waals surface area (Å²) in [5.74, 6) is 0.0177. The fourth-order valence-corrected chi connectivity index (χ4v) is 2.68. The largest absolute Gasteiger partial charge is 0.496 e. The summed E-state index contributed by atoms with van der Waals surface area (Å²) < 4.78 is 19.4. The number of H-pyrrole nitrogens is 1. The van der Waals surface area contributed by atoms with E-state index in [1.165, 1.54) is 13.2 Å². The summed E-state index contributed by atoms with van der Waals surface area (Å²) in [6.07, 6.45) is 1.56. The first-order valence-electron chi connectivity index (χ1n) is 8.16. The predicted octanol–water partition coefficient (Wildman–Crippen LogP) is 2.75. The first-order valence-corrected chi connectivity index (χ1v) is 8.16. The van der Waals surface area contributed by atoms with E-state index in [-0.39, 0.29) is 0 Å². The number of methoxy groups -OCH3 is 1. The Bertz CT molecular complexity index is 1150. The van der Waals surface area contributed by atoms with Gasteiger partial charge in [0.25, 0.3) is 0 Å². The number of halogens is 1. The number of aromatic nitrogens is 2. The molecule has 27 heavy (non-hydrogen) atoms. The van der Waals surface area contributed by atoms with Gasteiger partial charge in [-0.15, -0.1) is 0 Å². The van der Waals surface area contributed by atoms with E-state index in [1.54, 1.807) is 37.4 Å². The number of nitriles is 1. The van der Waals surface area contributed by atoms with Crippen molar-refractivity contribution in [3.63, 3.8) is 0 Å². The van der Waals surface area contributed by atoms with Crippen molar-refractivity contribution in [2.75, 3.05) is 7.11 Å². The molecule has 0 amide bonds. The average Bonchev–Trinajstić information content (AvgIpc) is 3.06. The lowest BCUT2D eigenvalue weighted by Crippen LogP contribution is -2.21. The molecule has 3 aromatic rings. The molecule has 0 aliphatic heterocycles. The van der Waals surface area contributed by atoms with Gasteiger partial charge in [-0.3, -0.25) is 10.1 Å². The summed E-state index contributed by atoms with van der Waals surface area (Å²) >= 11 is 0. The molecule has 0 aliphatic carbocycles. The third-order valence-corrected chi connectivity index (χ3v) is 4.13. The first-order chi connectivity index (χ1) is 13.0. The highest BCUT2D eigenvalue weighted by Crippen LogP contribution is 2.22. The molecule has 1 aromatic heterocycles. The second-order valence-corrected chi connectivity index (χ2v) is 5.81. The van der Waals surface area contributed by atoms with E-state index in [4.69, 9.17) is 10.00 Å². The van der Waals surface area contributed by atoms with Crippen molar-refractivity contribution >= 4 is 18.5 Å². The van der Waals surface area contributed by atoms with Gasteiger partial charge in [0.2, 0.25) is 0 Å². The van der Waals surface area contributed by atoms with Crippen LogP contribution in [0.3, 0.4) is 0 Å². The van der Waals surface area contributed by atoms with Gasteiger partial charge in [-0.2, -0.15) is 10.4 Å². The Morgan fingerprint density at radius 1 is 1.30 bits per heavy atom. The Morgan fingerprint density at radius 2 is 2.04 bits per heavy atom. The Kier molecular flexibility index (Phi) is 5.13. The van der Waals surface area contributed by atoms with Crippen molar-refractivity contribution in [1.29, 1.82) is 5.26 Å². The molecule has 5 nitrogen and oxygen atoms in total. The van der Waals surface area contributed by atoms with E-state index in [9.17, 15) is 4.39 Å². The van der Waals surface area contributed by atoms with Gasteiger partial charge in [0, 0.05) is 10.8 Å². The maximum absolute atomic E-state index is 14.1. The molecule has 1 heterocycles. The Morgan fingerprint density at radius 3 is 2.70 bits per heavy atom. The minimum Gasteiger partial charge on any atom is -0.496 e. The SMILES string of the molecule is C=c1c(-c2ccc(C#N)cc2)n[nH]/c1=C/N=C(C)c1c(F)cccc1OC. The van der Waals surface area contributed by atoms with Crippen LogP contribution in [0, 0.1) is 17.1 Å². The van der Waals surface area contributed by atoms with Gasteiger partial charge in [-0.05, 0) is 31.2 Å². The zero-order chi connectivity index (χ0) is 19.4. The lowest BCUT2D eigenvalue weighted by atomic mass is 10.1. The average molecular weight is 360 g/mol. The first kappa shape index (κ1) is 18.1. The molecule has 0 fully saturated rings. The number of aliphatic imine (C=N–C) groups is 1. The summed E-state index contributed by atoms with van der Waals surface area (Å²) in [6.45, 7) is 5.75. The second kappa shape index (κ2) is 7.67. The summed E-state index contributed by atoms with van der Waals surface area (Å²) in [6, 6.07) is 13.8. The topological polar surface area (TPSA) is 74.1 Å². The quantitative estimate of drug-likeness (QED) is 0.727. The Hall–Kier alpha value is -3.72. The van der Waals surface area contributed by atoms with E-state index in [0.717, 1.165) is 5.56 Å². The van der Waals surface area contributed by atoms with Crippen molar-refractivity contribution in [3.05, 3.63) is 70.0 Å². The zero-order valence-electron chi connectivity index (χ0n) is 15.0. The second-order valence-electron chi connectivity index (χ2n) is 5.81. The molecule has 0 unspecified atom stereocenters. The number of hydrogen-bond donors (Lipinski definition) is 1. The van der Waals surface area contributed by atoms with Crippen molar-refractivity contribution in [2.45, 2.75) is 6.92 Å². The standard InChI is InChI=1S/C21H17FN4O/c1-13-18(25-26-21(13)16-9-7-15(11-23)8-10-16)12-24-14(2)20-17(22)5-4-6-19(20)27-3/h4-10,12,25H,1H2,2-3H3/b18-12+,24-14?. The number of ether oxygens (including phenoxy) is 1. The smallest absolute Gasteiger partial charge is 0.135 e. The summed E-state index contributed by atoms with van der Waals surface area (Å²) in [5.41, 5.74) is 2.87. The third-order valence-electron chi connectivity index (χ3n) is 4.13. The van der Waals surface area contributed by atoms with Gasteiger partial charge in [0.05, 0.1) is 47.3 Å². The molecular formula is C21H17FN4O. The lowest BCUT2D eigenvalue weighted by molar-refractivity contribution is 0.410. The van der Waals surface area contributed by atoms with Crippen LogP contribution < -0.4 is 15.3 Å². The molecule has 6 heteroatoms. The molecule has 0 radical (unpaired) electrons. The van der Waals surface area contributed by atoms with Crippen LogP contribution in [0.5, 0.6) is 5.75 Å². The van der Waals surface area contributed by atoms with Crippen LogP contribution in [0.25, 0.3) is 24.0 Å². The Balaban J connectivity index is 2.00. The van der Waals surface area contributed by atoms with Gasteiger partial charge < -0.3 is 4.74 Å². The summed E-state index contributed by atoms with van der Waals surface area (Å²) in [4.78, 5) is 4.35. The number of hydrogen-bond acceptors (Lipinski definition) is 4. The van der Waals surface area contributed by atoms with E-state index in [2.05, 4.69) is 27.8 Å². The van der Waals surface area contributed by atoms with Crippen LogP contribution in [0.2, 0.25) is 0 Å². The predicted molar refractivity (Wildman–Crippen MR) is 103 cm³/mol. The van der Waals surface area contributed by atoms with Gasteiger partial charge in [-0.25, -0.2) is 4.39 Å². The summed E-state index contributed by atoms with van der Waals surface area (Å²) in [5, 5.41) is 17.3. The van der Waals surface area contributed by atoms with Crippen molar-refractivity contribution < 1.29 is 9.13 Å². The maximum Gasteiger partial charge on any atom is 0.135 e. The van der Waals surface area contributed by atoms with Crippen LogP contribution in [0.4, 0.5) is 4.39 Å². The normalized spacial score (nSPS) is 12.1. The van der Waals surface area contributed by atoms with Crippen molar-refractivity contribution in [3.8, 4) is 23.1 Å². The Labute approximate surface area is 155 Å². The van der Waals surface area contributed by atoms with Crippen LogP contribution in [-0.2, 0) is 0 Å². The maximum atomic E-state index is 14.1. The van der Waals surface area contributed by atoms with Crippen LogP contribution >= 0.6 is 0 Å². The van der Waals surface area contributed by atoms with Crippen molar-refractivity contribution in [1.82, 2.24) is 10.2 Å². The van der Waals surface area contributed by atoms with Gasteiger partial charge in [-0.1, -0.05) is 24.8 Å². The zero-order valence-corrected chi connectivity index (χ0v) is 15.0. The third kappa shape index (κ3) is 3.62. The number of benzene rings is 2. The highest BCUT2D eigenvalue weighted by molar-refractivity contribution is 6.02. The van der Waals surface area contributed by atoms with Gasteiger partial charge in [0.1, 0.15) is 11.6 Å².